The minimum atomic E-state index is -0.169. The number of hydrogen-bond acceptors (Lipinski definition) is 2. The molecule has 1 rings (SSSR count). The molecule has 0 fully saturated rings. The molecular weight excluding hydrogens is 371 g/mol. The van der Waals surface area contributed by atoms with Crippen LogP contribution in [0.5, 0.6) is 0 Å². The molecule has 0 spiro atoms. The molecule has 82 valence electrons. The molecule has 2 nitrogen and oxygen atoms in total. The van der Waals surface area contributed by atoms with E-state index in [2.05, 4.69) is 38.5 Å². The maximum atomic E-state index is 11.3. The topological polar surface area (TPSA) is 26.3 Å². The van der Waals surface area contributed by atoms with Gasteiger partial charge in [-0.1, -0.05) is 22.0 Å². The monoisotopic (exact) mass is 382 g/mol. The van der Waals surface area contributed by atoms with E-state index < -0.39 is 0 Å². The van der Waals surface area contributed by atoms with Gasteiger partial charge in [0.15, 0.2) is 0 Å². The summed E-state index contributed by atoms with van der Waals surface area (Å²) in [6, 6.07) is 4.03. The van der Waals surface area contributed by atoms with E-state index in [0.717, 1.165) is 19.2 Å². The van der Waals surface area contributed by atoms with Crippen molar-refractivity contribution < 1.29 is 9.53 Å². The Morgan fingerprint density at radius 3 is 2.80 bits per heavy atom. The highest BCUT2D eigenvalue weighted by Gasteiger charge is 2.09. The fourth-order valence-corrected chi connectivity index (χ4v) is 2.65. The van der Waals surface area contributed by atoms with Gasteiger partial charge in [0.05, 0.1) is 13.0 Å². The van der Waals surface area contributed by atoms with Gasteiger partial charge in [-0.2, -0.15) is 0 Å². The predicted molar refractivity (Wildman–Crippen MR) is 71.9 cm³/mol. The molecular formula is C11H12BrIO2. The van der Waals surface area contributed by atoms with Gasteiger partial charge in [0.2, 0.25) is 0 Å². The molecule has 0 heterocycles. The maximum Gasteiger partial charge on any atom is 0.310 e. The van der Waals surface area contributed by atoms with E-state index in [9.17, 15) is 4.79 Å². The maximum absolute atomic E-state index is 11.3. The van der Waals surface area contributed by atoms with Gasteiger partial charge in [0.25, 0.3) is 0 Å². The van der Waals surface area contributed by atoms with Crippen LogP contribution in [-0.2, 0) is 16.0 Å². The van der Waals surface area contributed by atoms with Crippen molar-refractivity contribution in [1.82, 2.24) is 0 Å². The molecule has 0 saturated carbocycles. The van der Waals surface area contributed by atoms with Crippen LogP contribution in [-0.4, -0.2) is 12.6 Å². The standard InChI is InChI=1S/C11H12BrIO2/c1-3-15-11(14)5-8-4-7(2)9(12)6-10(8)13/h4,6H,3,5H2,1-2H3. The Morgan fingerprint density at radius 1 is 1.53 bits per heavy atom. The molecule has 0 N–H and O–H groups in total. The van der Waals surface area contributed by atoms with Crippen LogP contribution in [0.1, 0.15) is 18.1 Å². The van der Waals surface area contributed by atoms with Crippen LogP contribution >= 0.6 is 38.5 Å². The number of halogens is 2. The van der Waals surface area contributed by atoms with Crippen molar-refractivity contribution in [3.8, 4) is 0 Å². The molecule has 1 aromatic rings. The number of rotatable bonds is 3. The lowest BCUT2D eigenvalue weighted by Crippen LogP contribution is -2.08. The smallest absolute Gasteiger partial charge is 0.310 e. The van der Waals surface area contributed by atoms with Crippen molar-refractivity contribution in [2.75, 3.05) is 6.61 Å². The predicted octanol–water partition coefficient (Wildman–Crippen LogP) is 3.47. The van der Waals surface area contributed by atoms with Crippen molar-refractivity contribution in [1.29, 1.82) is 0 Å². The van der Waals surface area contributed by atoms with Crippen molar-refractivity contribution in [2.24, 2.45) is 0 Å². The molecule has 0 aliphatic rings. The van der Waals surface area contributed by atoms with Gasteiger partial charge in [0, 0.05) is 8.04 Å². The molecule has 0 amide bonds. The number of ether oxygens (including phenoxy) is 1. The SMILES string of the molecule is CCOC(=O)Cc1cc(C)c(Br)cc1I. The first-order valence-electron chi connectivity index (χ1n) is 4.64. The normalized spacial score (nSPS) is 10.1. The van der Waals surface area contributed by atoms with Gasteiger partial charge in [-0.05, 0) is 53.6 Å². The van der Waals surface area contributed by atoms with Crippen molar-refractivity contribution >= 4 is 44.5 Å². The van der Waals surface area contributed by atoms with Gasteiger partial charge in [0.1, 0.15) is 0 Å². The van der Waals surface area contributed by atoms with E-state index in [1.54, 1.807) is 0 Å². The first kappa shape index (κ1) is 13.0. The molecule has 0 aliphatic heterocycles. The van der Waals surface area contributed by atoms with Gasteiger partial charge >= 0.3 is 5.97 Å². The third kappa shape index (κ3) is 3.75. The summed E-state index contributed by atoms with van der Waals surface area (Å²) in [7, 11) is 0. The highest BCUT2D eigenvalue weighted by molar-refractivity contribution is 14.1. The van der Waals surface area contributed by atoms with Crippen LogP contribution in [0.3, 0.4) is 0 Å². The molecule has 15 heavy (non-hydrogen) atoms. The summed E-state index contributed by atoms with van der Waals surface area (Å²) >= 11 is 5.68. The highest BCUT2D eigenvalue weighted by atomic mass is 127. The lowest BCUT2D eigenvalue weighted by atomic mass is 10.1. The highest BCUT2D eigenvalue weighted by Crippen LogP contribution is 2.23. The summed E-state index contributed by atoms with van der Waals surface area (Å²) < 4.78 is 7.07. The number of carbonyl (C=O) groups is 1. The third-order valence-electron chi connectivity index (χ3n) is 1.97. The molecule has 0 saturated heterocycles. The molecule has 1 aromatic carbocycles. The number of hydrogen-bond donors (Lipinski definition) is 0. The minimum Gasteiger partial charge on any atom is -0.466 e. The average molecular weight is 383 g/mol. The summed E-state index contributed by atoms with van der Waals surface area (Å²) in [5.74, 6) is -0.169. The second-order valence-corrected chi connectivity index (χ2v) is 5.19. The first-order valence-corrected chi connectivity index (χ1v) is 6.52. The van der Waals surface area contributed by atoms with E-state index >= 15 is 0 Å². The van der Waals surface area contributed by atoms with Crippen LogP contribution in [0.15, 0.2) is 16.6 Å². The number of esters is 1. The van der Waals surface area contributed by atoms with E-state index in [4.69, 9.17) is 4.74 Å². The second-order valence-electron chi connectivity index (χ2n) is 3.17. The first-order chi connectivity index (χ1) is 7.04. The Labute approximate surface area is 112 Å². The van der Waals surface area contributed by atoms with Crippen LogP contribution in [0.4, 0.5) is 0 Å². The summed E-state index contributed by atoms with van der Waals surface area (Å²) in [5.41, 5.74) is 2.16. The molecule has 4 heteroatoms. The van der Waals surface area contributed by atoms with Crippen molar-refractivity contribution in [3.05, 3.63) is 31.3 Å². The zero-order chi connectivity index (χ0) is 11.4. The summed E-state index contributed by atoms with van der Waals surface area (Å²) in [4.78, 5) is 11.3. The fourth-order valence-electron chi connectivity index (χ4n) is 1.22. The Morgan fingerprint density at radius 2 is 2.20 bits per heavy atom. The van der Waals surface area contributed by atoms with Crippen LogP contribution in [0, 0.1) is 10.5 Å². The van der Waals surface area contributed by atoms with E-state index in [1.807, 2.05) is 26.0 Å². The average Bonchev–Trinajstić information content (AvgIpc) is 2.14. The fraction of sp³-hybridized carbons (Fsp3) is 0.364. The zero-order valence-electron chi connectivity index (χ0n) is 8.64. The minimum absolute atomic E-state index is 0.169. The zero-order valence-corrected chi connectivity index (χ0v) is 12.4. The number of carbonyl (C=O) groups excluding carboxylic acids is 1. The quantitative estimate of drug-likeness (QED) is 0.591. The second kappa shape index (κ2) is 5.84. The lowest BCUT2D eigenvalue weighted by Gasteiger charge is -2.07. The Balaban J connectivity index is 2.86. The molecule has 0 aliphatic carbocycles. The Bertz CT molecular complexity index is 377. The Hall–Kier alpha value is -0.100. The van der Waals surface area contributed by atoms with Crippen LogP contribution in [0.25, 0.3) is 0 Å². The largest absolute Gasteiger partial charge is 0.466 e. The molecule has 0 radical (unpaired) electrons. The van der Waals surface area contributed by atoms with Crippen LogP contribution < -0.4 is 0 Å². The summed E-state index contributed by atoms with van der Waals surface area (Å²) in [5, 5.41) is 0. The number of aryl methyl sites for hydroxylation is 1. The van der Waals surface area contributed by atoms with Crippen molar-refractivity contribution in [3.63, 3.8) is 0 Å². The molecule has 0 aromatic heterocycles. The molecule has 0 bridgehead atoms. The molecule has 0 unspecified atom stereocenters. The van der Waals surface area contributed by atoms with Gasteiger partial charge in [-0.15, -0.1) is 0 Å². The van der Waals surface area contributed by atoms with Crippen molar-refractivity contribution in [2.45, 2.75) is 20.3 Å². The third-order valence-corrected chi connectivity index (χ3v) is 3.83. The van der Waals surface area contributed by atoms with E-state index in [-0.39, 0.29) is 5.97 Å². The van der Waals surface area contributed by atoms with Crippen LogP contribution in [0.2, 0.25) is 0 Å². The molecule has 0 atom stereocenters. The van der Waals surface area contributed by atoms with E-state index in [0.29, 0.717) is 13.0 Å². The number of benzene rings is 1. The Kier molecular flexibility index (Phi) is 5.05. The van der Waals surface area contributed by atoms with E-state index in [1.165, 1.54) is 0 Å². The summed E-state index contributed by atoms with van der Waals surface area (Å²) in [6.45, 7) is 4.26. The summed E-state index contributed by atoms with van der Waals surface area (Å²) in [6.07, 6.45) is 0.347. The van der Waals surface area contributed by atoms with Gasteiger partial charge in [-0.3, -0.25) is 4.79 Å². The van der Waals surface area contributed by atoms with Gasteiger partial charge < -0.3 is 4.74 Å². The van der Waals surface area contributed by atoms with Gasteiger partial charge in [-0.25, -0.2) is 0 Å². The lowest BCUT2D eigenvalue weighted by molar-refractivity contribution is -0.142.